The lowest BCUT2D eigenvalue weighted by atomic mass is 9.91. The van der Waals surface area contributed by atoms with Crippen molar-refractivity contribution in [1.82, 2.24) is 10.2 Å². The van der Waals surface area contributed by atoms with Crippen molar-refractivity contribution in [3.63, 3.8) is 0 Å². The number of urea groups is 1. The third-order valence-corrected chi connectivity index (χ3v) is 3.47. The number of rotatable bonds is 2. The van der Waals surface area contributed by atoms with Gasteiger partial charge in [-0.25, -0.2) is 4.79 Å². The van der Waals surface area contributed by atoms with Gasteiger partial charge < -0.3 is 16.0 Å². The highest BCUT2D eigenvalue weighted by molar-refractivity contribution is 5.72. The second-order valence-electron chi connectivity index (χ2n) is 4.50. The average molecular weight is 233 g/mol. The Balaban J connectivity index is 2.16. The van der Waals surface area contributed by atoms with Gasteiger partial charge in [-0.2, -0.15) is 0 Å². The average Bonchev–Trinajstić information content (AvgIpc) is 2.39. The van der Waals surface area contributed by atoms with Crippen molar-refractivity contribution in [3.05, 3.63) is 35.9 Å². The quantitative estimate of drug-likeness (QED) is 0.805. The van der Waals surface area contributed by atoms with Crippen molar-refractivity contribution < 1.29 is 4.79 Å². The maximum absolute atomic E-state index is 11.4. The predicted molar refractivity (Wildman–Crippen MR) is 67.8 cm³/mol. The largest absolute Gasteiger partial charge is 0.351 e. The lowest BCUT2D eigenvalue weighted by Gasteiger charge is -2.38. The normalized spacial score (nSPS) is 22.2. The standard InChI is InChI=1S/C13H19N3O/c1-10(11-5-3-2-4-6-11)12-9-15-7-8-16(12)13(14)17/h2-6,10,12,15H,7-9H2,1H3,(H2,14,17). The molecule has 1 aromatic rings. The summed E-state index contributed by atoms with van der Waals surface area (Å²) in [6.45, 7) is 4.46. The zero-order valence-corrected chi connectivity index (χ0v) is 10.1. The van der Waals surface area contributed by atoms with E-state index in [2.05, 4.69) is 24.4 Å². The summed E-state index contributed by atoms with van der Waals surface area (Å²) in [4.78, 5) is 13.2. The number of amides is 2. The van der Waals surface area contributed by atoms with E-state index < -0.39 is 0 Å². The minimum Gasteiger partial charge on any atom is -0.351 e. The highest BCUT2D eigenvalue weighted by atomic mass is 16.2. The summed E-state index contributed by atoms with van der Waals surface area (Å²) in [5, 5.41) is 3.32. The maximum atomic E-state index is 11.4. The molecule has 92 valence electrons. The van der Waals surface area contributed by atoms with Gasteiger partial charge in [0.05, 0.1) is 6.04 Å². The van der Waals surface area contributed by atoms with Crippen LogP contribution in [0.15, 0.2) is 30.3 Å². The van der Waals surface area contributed by atoms with Gasteiger partial charge in [0.2, 0.25) is 0 Å². The van der Waals surface area contributed by atoms with E-state index in [1.807, 2.05) is 18.2 Å². The molecule has 2 amide bonds. The van der Waals surface area contributed by atoms with Crippen molar-refractivity contribution >= 4 is 6.03 Å². The van der Waals surface area contributed by atoms with Crippen molar-refractivity contribution in [2.45, 2.75) is 18.9 Å². The van der Waals surface area contributed by atoms with E-state index in [0.29, 0.717) is 6.54 Å². The number of nitrogens with zero attached hydrogens (tertiary/aromatic N) is 1. The molecule has 1 saturated heterocycles. The second kappa shape index (κ2) is 5.19. The molecule has 0 aliphatic carbocycles. The molecule has 1 heterocycles. The van der Waals surface area contributed by atoms with Gasteiger partial charge in [-0.3, -0.25) is 0 Å². The summed E-state index contributed by atoms with van der Waals surface area (Å²) in [5.41, 5.74) is 6.68. The van der Waals surface area contributed by atoms with Crippen molar-refractivity contribution in [1.29, 1.82) is 0 Å². The van der Waals surface area contributed by atoms with Crippen molar-refractivity contribution in [2.75, 3.05) is 19.6 Å². The van der Waals surface area contributed by atoms with Crippen LogP contribution in [0, 0.1) is 0 Å². The number of primary amides is 1. The zero-order valence-electron chi connectivity index (χ0n) is 10.1. The lowest BCUT2D eigenvalue weighted by molar-refractivity contribution is 0.155. The van der Waals surface area contributed by atoms with Gasteiger partial charge >= 0.3 is 6.03 Å². The Morgan fingerprint density at radius 1 is 1.47 bits per heavy atom. The van der Waals surface area contributed by atoms with Crippen LogP contribution in [0.4, 0.5) is 4.79 Å². The van der Waals surface area contributed by atoms with Crippen LogP contribution < -0.4 is 11.1 Å². The van der Waals surface area contributed by atoms with Gasteiger partial charge in [0.1, 0.15) is 0 Å². The molecule has 0 saturated carbocycles. The van der Waals surface area contributed by atoms with Crippen LogP contribution in [-0.2, 0) is 0 Å². The van der Waals surface area contributed by atoms with E-state index in [9.17, 15) is 4.79 Å². The van der Waals surface area contributed by atoms with Crippen LogP contribution in [0.3, 0.4) is 0 Å². The summed E-state index contributed by atoms with van der Waals surface area (Å²) >= 11 is 0. The molecule has 0 radical (unpaired) electrons. The summed E-state index contributed by atoms with van der Waals surface area (Å²) in [6, 6.07) is 10.1. The van der Waals surface area contributed by atoms with E-state index in [0.717, 1.165) is 13.1 Å². The van der Waals surface area contributed by atoms with Crippen LogP contribution in [0.1, 0.15) is 18.4 Å². The van der Waals surface area contributed by atoms with Crippen LogP contribution in [0.5, 0.6) is 0 Å². The maximum Gasteiger partial charge on any atom is 0.315 e. The predicted octanol–water partition coefficient (Wildman–Crippen LogP) is 1.14. The molecule has 1 aliphatic rings. The highest BCUT2D eigenvalue weighted by Gasteiger charge is 2.30. The molecule has 17 heavy (non-hydrogen) atoms. The zero-order chi connectivity index (χ0) is 12.3. The third kappa shape index (κ3) is 2.58. The number of nitrogens with one attached hydrogen (secondary N) is 1. The summed E-state index contributed by atoms with van der Waals surface area (Å²) in [6.07, 6.45) is 0. The summed E-state index contributed by atoms with van der Waals surface area (Å²) in [7, 11) is 0. The topological polar surface area (TPSA) is 58.4 Å². The Hall–Kier alpha value is -1.55. The molecule has 0 spiro atoms. The van der Waals surface area contributed by atoms with E-state index >= 15 is 0 Å². The monoisotopic (exact) mass is 233 g/mol. The minimum atomic E-state index is -0.320. The Bertz CT molecular complexity index is 380. The smallest absolute Gasteiger partial charge is 0.315 e. The minimum absolute atomic E-state index is 0.142. The number of piperazine rings is 1. The highest BCUT2D eigenvalue weighted by Crippen LogP contribution is 2.23. The van der Waals surface area contributed by atoms with E-state index in [1.165, 1.54) is 5.56 Å². The molecule has 3 N–H and O–H groups in total. The van der Waals surface area contributed by atoms with E-state index in [1.54, 1.807) is 4.90 Å². The van der Waals surface area contributed by atoms with Crippen LogP contribution in [0.25, 0.3) is 0 Å². The molecule has 1 aliphatic heterocycles. The van der Waals surface area contributed by atoms with Gasteiger partial charge in [0.15, 0.2) is 0 Å². The van der Waals surface area contributed by atoms with Crippen LogP contribution in [0.2, 0.25) is 0 Å². The number of hydrogen-bond acceptors (Lipinski definition) is 2. The lowest BCUT2D eigenvalue weighted by Crippen LogP contribution is -2.57. The van der Waals surface area contributed by atoms with Crippen molar-refractivity contribution in [2.24, 2.45) is 5.73 Å². The molecule has 1 fully saturated rings. The molecule has 4 heteroatoms. The number of carbonyl (C=O) groups is 1. The number of carbonyl (C=O) groups excluding carboxylic acids is 1. The summed E-state index contributed by atoms with van der Waals surface area (Å²) in [5.74, 6) is 0.288. The first-order valence-electron chi connectivity index (χ1n) is 6.02. The molecule has 4 nitrogen and oxygen atoms in total. The van der Waals surface area contributed by atoms with Gasteiger partial charge in [-0.15, -0.1) is 0 Å². The van der Waals surface area contributed by atoms with Gasteiger partial charge in [-0.05, 0) is 5.56 Å². The van der Waals surface area contributed by atoms with Crippen LogP contribution in [-0.4, -0.2) is 36.6 Å². The van der Waals surface area contributed by atoms with Crippen LogP contribution >= 0.6 is 0 Å². The fraction of sp³-hybridized carbons (Fsp3) is 0.462. The Labute approximate surface area is 102 Å². The Kier molecular flexibility index (Phi) is 3.64. The molecule has 0 bridgehead atoms. The second-order valence-corrected chi connectivity index (χ2v) is 4.50. The number of hydrogen-bond donors (Lipinski definition) is 2. The third-order valence-electron chi connectivity index (χ3n) is 3.47. The Morgan fingerprint density at radius 3 is 2.82 bits per heavy atom. The number of nitrogens with two attached hydrogens (primary N) is 1. The molecule has 0 aromatic heterocycles. The van der Waals surface area contributed by atoms with Gasteiger partial charge in [0.25, 0.3) is 0 Å². The van der Waals surface area contributed by atoms with Gasteiger partial charge in [-0.1, -0.05) is 37.3 Å². The first kappa shape index (κ1) is 11.9. The molecule has 2 unspecified atom stereocenters. The van der Waals surface area contributed by atoms with Gasteiger partial charge in [0, 0.05) is 25.6 Å². The molecule has 2 atom stereocenters. The SMILES string of the molecule is CC(c1ccccc1)C1CNCCN1C(N)=O. The fourth-order valence-electron chi connectivity index (χ4n) is 2.42. The first-order valence-corrected chi connectivity index (χ1v) is 6.02. The fourth-order valence-corrected chi connectivity index (χ4v) is 2.42. The molecular formula is C13H19N3O. The molecule has 2 rings (SSSR count). The Morgan fingerprint density at radius 2 is 2.18 bits per heavy atom. The molecule has 1 aromatic carbocycles. The molecular weight excluding hydrogens is 214 g/mol. The number of benzene rings is 1. The first-order chi connectivity index (χ1) is 8.20. The summed E-state index contributed by atoms with van der Waals surface area (Å²) < 4.78 is 0. The van der Waals surface area contributed by atoms with E-state index in [4.69, 9.17) is 5.73 Å². The van der Waals surface area contributed by atoms with E-state index in [-0.39, 0.29) is 18.0 Å². The van der Waals surface area contributed by atoms with Crippen molar-refractivity contribution in [3.8, 4) is 0 Å².